The highest BCUT2D eigenvalue weighted by atomic mass is 35.5. The van der Waals surface area contributed by atoms with Crippen LogP contribution in [0.2, 0.25) is 13.1 Å². The van der Waals surface area contributed by atoms with E-state index in [0.29, 0.717) is 0 Å². The maximum Gasteiger partial charge on any atom is 0.170 e. The second-order valence-electron chi connectivity index (χ2n) is 1.28. The minimum Gasteiger partial charge on any atom is -0.424 e. The first-order chi connectivity index (χ1) is 2.27. The molecular weight excluding hydrogens is 116 g/mol. The Balaban J connectivity index is 0. The monoisotopic (exact) mass is 126 g/mol. The molecule has 0 N–H and O–H groups in total. The predicted molar refractivity (Wildman–Crippen MR) is 33.1 cm³/mol. The van der Waals surface area contributed by atoms with Gasteiger partial charge in [0.15, 0.2) is 9.04 Å². The Kier molecular flexibility index (Phi) is 8.83. The van der Waals surface area contributed by atoms with Gasteiger partial charge in [-0.05, 0) is 13.1 Å². The maximum absolute atomic E-state index is 4.89. The Bertz CT molecular complexity index is 24.8. The second kappa shape index (κ2) is 5.47. The first-order valence-corrected chi connectivity index (χ1v) is 4.58. The van der Waals surface area contributed by atoms with E-state index in [9.17, 15) is 0 Å². The highest BCUT2D eigenvalue weighted by molar-refractivity contribution is 6.48. The van der Waals surface area contributed by atoms with E-state index in [0.717, 1.165) is 0 Å². The number of rotatable bonds is 1. The molecule has 0 aromatic heterocycles. The van der Waals surface area contributed by atoms with Crippen molar-refractivity contribution >= 4 is 21.4 Å². The van der Waals surface area contributed by atoms with Crippen LogP contribution in [0.5, 0.6) is 0 Å². The molecule has 0 aliphatic rings. The van der Waals surface area contributed by atoms with Crippen molar-refractivity contribution in [1.82, 2.24) is 0 Å². The Labute approximate surface area is 46.8 Å². The SMILES string of the molecule is CO[SiH](C)C.Cl. The quantitative estimate of drug-likeness (QED) is 0.477. The van der Waals surface area contributed by atoms with Crippen molar-refractivity contribution in [1.29, 1.82) is 0 Å². The Morgan fingerprint density at radius 3 is 1.50 bits per heavy atom. The maximum atomic E-state index is 4.89. The minimum atomic E-state index is -0.650. The van der Waals surface area contributed by atoms with Crippen LogP contribution in [0.15, 0.2) is 0 Å². The molecule has 0 saturated heterocycles. The average Bonchev–Trinajstić information content (AvgIpc) is 1.38. The van der Waals surface area contributed by atoms with Gasteiger partial charge in [0.2, 0.25) is 0 Å². The molecule has 0 aromatic carbocycles. The normalized spacial score (nSPS) is 8.00. The molecule has 0 radical (unpaired) electrons. The highest BCUT2D eigenvalue weighted by Gasteiger charge is 1.83. The van der Waals surface area contributed by atoms with Gasteiger partial charge in [0.05, 0.1) is 0 Å². The molecule has 0 aliphatic heterocycles. The molecule has 0 aliphatic carbocycles. The summed E-state index contributed by atoms with van der Waals surface area (Å²) in [6.45, 7) is 4.28. The van der Waals surface area contributed by atoms with Gasteiger partial charge in [0.25, 0.3) is 0 Å². The summed E-state index contributed by atoms with van der Waals surface area (Å²) in [6.07, 6.45) is 0. The molecule has 0 spiro atoms. The molecule has 0 saturated carbocycles. The molecule has 1 nitrogen and oxygen atoms in total. The van der Waals surface area contributed by atoms with Crippen molar-refractivity contribution in [3.8, 4) is 0 Å². The third-order valence-electron chi connectivity index (χ3n) is 0.471. The summed E-state index contributed by atoms with van der Waals surface area (Å²) in [4.78, 5) is 0. The van der Waals surface area contributed by atoms with E-state index in [1.54, 1.807) is 7.11 Å². The Hall–Kier alpha value is 0.467. The Morgan fingerprint density at radius 2 is 1.50 bits per heavy atom. The first kappa shape index (κ1) is 9.69. The topological polar surface area (TPSA) is 9.23 Å². The molecule has 0 unspecified atom stereocenters. The molecule has 0 bridgehead atoms. The van der Waals surface area contributed by atoms with Crippen LogP contribution in [0.4, 0.5) is 0 Å². The molecular formula is C3H11ClOSi. The largest absolute Gasteiger partial charge is 0.424 e. The molecule has 0 rings (SSSR count). The van der Waals surface area contributed by atoms with Gasteiger partial charge in [-0.25, -0.2) is 0 Å². The van der Waals surface area contributed by atoms with Crippen molar-refractivity contribution in [3.05, 3.63) is 0 Å². The Morgan fingerprint density at radius 1 is 1.33 bits per heavy atom. The lowest BCUT2D eigenvalue weighted by molar-refractivity contribution is 0.430. The summed E-state index contributed by atoms with van der Waals surface area (Å²) in [5, 5.41) is 0. The van der Waals surface area contributed by atoms with Crippen LogP contribution in [0.3, 0.4) is 0 Å². The zero-order chi connectivity index (χ0) is 4.28. The number of halogens is 1. The van der Waals surface area contributed by atoms with Gasteiger partial charge < -0.3 is 4.43 Å². The first-order valence-electron chi connectivity index (χ1n) is 1.80. The number of hydrogen-bond acceptors (Lipinski definition) is 1. The molecule has 0 atom stereocenters. The fourth-order valence-corrected chi connectivity index (χ4v) is 0. The van der Waals surface area contributed by atoms with Crippen molar-refractivity contribution in [2.75, 3.05) is 7.11 Å². The van der Waals surface area contributed by atoms with Crippen LogP contribution in [0.25, 0.3) is 0 Å². The fourth-order valence-electron chi connectivity index (χ4n) is 0. The molecule has 0 heterocycles. The van der Waals surface area contributed by atoms with Gasteiger partial charge in [-0.2, -0.15) is 0 Å². The average molecular weight is 127 g/mol. The van der Waals surface area contributed by atoms with E-state index in [1.807, 2.05) is 0 Å². The zero-order valence-corrected chi connectivity index (χ0v) is 6.37. The molecule has 0 aromatic rings. The van der Waals surface area contributed by atoms with Crippen LogP contribution in [-0.2, 0) is 4.43 Å². The highest BCUT2D eigenvalue weighted by Crippen LogP contribution is 1.73. The van der Waals surface area contributed by atoms with Crippen LogP contribution in [-0.4, -0.2) is 16.2 Å². The van der Waals surface area contributed by atoms with Gasteiger partial charge in [0.1, 0.15) is 0 Å². The summed E-state index contributed by atoms with van der Waals surface area (Å²) in [7, 11) is 1.11. The third kappa shape index (κ3) is 8.82. The standard InChI is InChI=1S/C3H10OSi.ClH/c1-4-5(2)3;/h5H,1-3H3;1H. The summed E-state index contributed by atoms with van der Waals surface area (Å²) in [6, 6.07) is 0. The van der Waals surface area contributed by atoms with Crippen molar-refractivity contribution < 1.29 is 4.43 Å². The van der Waals surface area contributed by atoms with Gasteiger partial charge in [-0.1, -0.05) is 0 Å². The van der Waals surface area contributed by atoms with Crippen molar-refractivity contribution in [2.45, 2.75) is 13.1 Å². The molecule has 6 heavy (non-hydrogen) atoms. The van der Waals surface area contributed by atoms with Crippen LogP contribution in [0, 0.1) is 0 Å². The number of hydrogen-bond donors (Lipinski definition) is 0. The molecule has 40 valence electrons. The van der Waals surface area contributed by atoms with Gasteiger partial charge >= 0.3 is 0 Å². The van der Waals surface area contributed by atoms with E-state index in [-0.39, 0.29) is 12.4 Å². The summed E-state index contributed by atoms with van der Waals surface area (Å²) in [5.74, 6) is 0. The lowest BCUT2D eigenvalue weighted by Crippen LogP contribution is -2.00. The zero-order valence-electron chi connectivity index (χ0n) is 4.39. The van der Waals surface area contributed by atoms with E-state index in [2.05, 4.69) is 13.1 Å². The van der Waals surface area contributed by atoms with Gasteiger partial charge in [-0.15, -0.1) is 12.4 Å². The van der Waals surface area contributed by atoms with E-state index in [4.69, 9.17) is 4.43 Å². The van der Waals surface area contributed by atoms with Crippen molar-refractivity contribution in [2.24, 2.45) is 0 Å². The van der Waals surface area contributed by atoms with Gasteiger partial charge in [-0.3, -0.25) is 0 Å². The summed E-state index contributed by atoms with van der Waals surface area (Å²) in [5.41, 5.74) is 0. The van der Waals surface area contributed by atoms with Crippen molar-refractivity contribution in [3.63, 3.8) is 0 Å². The summed E-state index contributed by atoms with van der Waals surface area (Å²) >= 11 is 0. The van der Waals surface area contributed by atoms with E-state index >= 15 is 0 Å². The third-order valence-corrected chi connectivity index (χ3v) is 1.41. The van der Waals surface area contributed by atoms with E-state index in [1.165, 1.54) is 0 Å². The van der Waals surface area contributed by atoms with Crippen LogP contribution < -0.4 is 0 Å². The minimum absolute atomic E-state index is 0. The lowest BCUT2D eigenvalue weighted by atomic mass is 11.8. The molecule has 3 heteroatoms. The fraction of sp³-hybridized carbons (Fsp3) is 1.00. The van der Waals surface area contributed by atoms with Crippen LogP contribution >= 0.6 is 12.4 Å². The second-order valence-corrected chi connectivity index (χ2v) is 3.85. The van der Waals surface area contributed by atoms with Gasteiger partial charge in [0, 0.05) is 7.11 Å². The molecule has 0 amide bonds. The van der Waals surface area contributed by atoms with Crippen LogP contribution in [0.1, 0.15) is 0 Å². The lowest BCUT2D eigenvalue weighted by Gasteiger charge is -1.92. The molecule has 0 fully saturated rings. The smallest absolute Gasteiger partial charge is 0.170 e. The summed E-state index contributed by atoms with van der Waals surface area (Å²) < 4.78 is 4.89. The van der Waals surface area contributed by atoms with E-state index < -0.39 is 9.04 Å². The predicted octanol–water partition coefficient (Wildman–Crippen LogP) is 1.04.